The number of carbonyl (C=O) groups excluding carboxylic acids is 1. The summed E-state index contributed by atoms with van der Waals surface area (Å²) in [5.41, 5.74) is -0.539. The van der Waals surface area contributed by atoms with Crippen molar-refractivity contribution in [2.45, 2.75) is 43.7 Å². The molecule has 1 saturated heterocycles. The monoisotopic (exact) mass is 554 g/mol. The number of hydrogen-bond acceptors (Lipinski definition) is 6. The third-order valence-corrected chi connectivity index (χ3v) is 5.51. The van der Waals surface area contributed by atoms with E-state index in [-0.39, 0.29) is 41.5 Å². The normalized spacial score (nSPS) is 17.3. The molecule has 1 aliphatic heterocycles. The number of carbonyl (C=O) groups is 1. The highest BCUT2D eigenvalue weighted by molar-refractivity contribution is 14.0. The van der Waals surface area contributed by atoms with Crippen LogP contribution in [0.3, 0.4) is 0 Å². The second-order valence-electron chi connectivity index (χ2n) is 7.64. The Kier molecular flexibility index (Phi) is 10.2. The fourth-order valence-electron chi connectivity index (χ4n) is 2.83. The van der Waals surface area contributed by atoms with Crippen LogP contribution in [0.15, 0.2) is 34.4 Å². The maximum atomic E-state index is 12.2. The number of aromatic nitrogens is 1. The highest BCUT2D eigenvalue weighted by Gasteiger charge is 2.27. The Labute approximate surface area is 195 Å². The lowest BCUT2D eigenvalue weighted by atomic mass is 10.2. The van der Waals surface area contributed by atoms with Gasteiger partial charge < -0.3 is 20.3 Å². The number of rotatable bonds is 6. The Bertz CT molecular complexity index is 814. The Morgan fingerprint density at radius 2 is 2.10 bits per heavy atom. The third kappa shape index (κ3) is 8.60. The number of nitrogens with one attached hydrogen (secondary N) is 3. The first-order valence-electron chi connectivity index (χ1n) is 9.45. The first kappa shape index (κ1) is 26.4. The van der Waals surface area contributed by atoms with E-state index in [9.17, 15) is 13.2 Å². The van der Waals surface area contributed by atoms with Crippen molar-refractivity contribution >= 4 is 46.1 Å². The van der Waals surface area contributed by atoms with Gasteiger partial charge in [0.25, 0.3) is 0 Å². The van der Waals surface area contributed by atoms with Crippen molar-refractivity contribution in [2.75, 3.05) is 33.2 Å². The largest absolute Gasteiger partial charge is 0.444 e. The molecule has 170 valence electrons. The molecule has 1 aromatic rings. The predicted molar refractivity (Wildman–Crippen MR) is 126 cm³/mol. The van der Waals surface area contributed by atoms with Gasteiger partial charge in [0.1, 0.15) is 10.5 Å². The van der Waals surface area contributed by atoms with Crippen molar-refractivity contribution in [2.24, 2.45) is 4.99 Å². The molecule has 3 N–H and O–H groups in total. The molecule has 1 fully saturated rings. The Morgan fingerprint density at radius 1 is 1.37 bits per heavy atom. The van der Waals surface area contributed by atoms with Crippen LogP contribution in [0.4, 0.5) is 4.79 Å². The van der Waals surface area contributed by atoms with E-state index in [2.05, 4.69) is 25.3 Å². The van der Waals surface area contributed by atoms with Crippen LogP contribution in [-0.2, 0) is 14.8 Å². The smallest absolute Gasteiger partial charge is 0.407 e. The topological polar surface area (TPSA) is 125 Å². The number of ether oxygens (including phenoxy) is 1. The molecule has 1 aromatic heterocycles. The molecule has 0 spiro atoms. The lowest BCUT2D eigenvalue weighted by Gasteiger charge is -2.23. The maximum absolute atomic E-state index is 12.2. The summed E-state index contributed by atoms with van der Waals surface area (Å²) in [4.78, 5) is 22.1. The molecule has 1 atom stereocenters. The molecule has 1 unspecified atom stereocenters. The lowest BCUT2D eigenvalue weighted by molar-refractivity contribution is 0.0507. The zero-order valence-corrected chi connectivity index (χ0v) is 20.9. The fourth-order valence-corrected chi connectivity index (χ4v) is 3.82. The summed E-state index contributed by atoms with van der Waals surface area (Å²) in [6, 6.07) is 3.03. The number of nitrogens with zero attached hydrogens (tertiary/aromatic N) is 3. The van der Waals surface area contributed by atoms with Gasteiger partial charge in [0.05, 0.1) is 6.04 Å². The lowest BCUT2D eigenvalue weighted by Crippen LogP contribution is -2.45. The number of hydrogen-bond donors (Lipinski definition) is 3. The van der Waals surface area contributed by atoms with Gasteiger partial charge in [-0.25, -0.2) is 17.9 Å². The summed E-state index contributed by atoms with van der Waals surface area (Å²) in [7, 11) is -1.93. The summed E-state index contributed by atoms with van der Waals surface area (Å²) in [5.74, 6) is 0.652. The highest BCUT2D eigenvalue weighted by Crippen LogP contribution is 2.12. The van der Waals surface area contributed by atoms with E-state index in [0.717, 1.165) is 13.0 Å². The summed E-state index contributed by atoms with van der Waals surface area (Å²) in [6.45, 7) is 7.35. The van der Waals surface area contributed by atoms with Gasteiger partial charge in [-0.2, -0.15) is 0 Å². The molecule has 12 heteroatoms. The second-order valence-corrected chi connectivity index (χ2v) is 9.41. The minimum absolute atomic E-state index is 0. The quantitative estimate of drug-likeness (QED) is 0.209. The molecule has 30 heavy (non-hydrogen) atoms. The number of pyridine rings is 1. The van der Waals surface area contributed by atoms with E-state index in [1.54, 1.807) is 13.1 Å². The van der Waals surface area contributed by atoms with Gasteiger partial charge in [-0.1, -0.05) is 0 Å². The van der Waals surface area contributed by atoms with Crippen LogP contribution in [-0.4, -0.2) is 75.2 Å². The molecule has 1 amide bonds. The molecule has 0 bridgehead atoms. The number of amides is 1. The Hall–Kier alpha value is -1.67. The van der Waals surface area contributed by atoms with E-state index in [1.807, 2.05) is 25.7 Å². The first-order valence-corrected chi connectivity index (χ1v) is 10.9. The van der Waals surface area contributed by atoms with Crippen molar-refractivity contribution in [3.05, 3.63) is 24.5 Å². The summed E-state index contributed by atoms with van der Waals surface area (Å²) < 4.78 is 32.2. The summed E-state index contributed by atoms with van der Waals surface area (Å²) in [5, 5.41) is 6.00. The van der Waals surface area contributed by atoms with Crippen LogP contribution < -0.4 is 15.4 Å². The van der Waals surface area contributed by atoms with Gasteiger partial charge >= 0.3 is 6.09 Å². The molecule has 2 heterocycles. The van der Waals surface area contributed by atoms with Gasteiger partial charge in [-0.05, 0) is 39.3 Å². The number of sulfonamides is 1. The number of guanidine groups is 1. The average molecular weight is 554 g/mol. The van der Waals surface area contributed by atoms with Crippen molar-refractivity contribution < 1.29 is 17.9 Å². The molecule has 0 radical (unpaired) electrons. The van der Waals surface area contributed by atoms with E-state index < -0.39 is 21.7 Å². The van der Waals surface area contributed by atoms with Crippen LogP contribution in [0.25, 0.3) is 0 Å². The molecule has 0 aliphatic carbocycles. The van der Waals surface area contributed by atoms with Crippen LogP contribution >= 0.6 is 24.0 Å². The van der Waals surface area contributed by atoms with E-state index in [1.165, 1.54) is 18.5 Å². The zero-order valence-electron chi connectivity index (χ0n) is 17.7. The molecule has 0 aromatic carbocycles. The van der Waals surface area contributed by atoms with Gasteiger partial charge in [-0.15, -0.1) is 24.0 Å². The van der Waals surface area contributed by atoms with Crippen molar-refractivity contribution in [3.8, 4) is 0 Å². The molecule has 2 rings (SSSR count). The van der Waals surface area contributed by atoms with Crippen LogP contribution in [0.2, 0.25) is 0 Å². The second kappa shape index (κ2) is 11.6. The van der Waals surface area contributed by atoms with Crippen LogP contribution in [0.5, 0.6) is 0 Å². The Balaban J connectivity index is 0.00000450. The van der Waals surface area contributed by atoms with Gasteiger partial charge in [-0.3, -0.25) is 9.98 Å². The summed E-state index contributed by atoms with van der Waals surface area (Å²) in [6.07, 6.45) is 3.16. The molecule has 1 aliphatic rings. The van der Waals surface area contributed by atoms with Gasteiger partial charge in [0, 0.05) is 45.6 Å². The zero-order chi connectivity index (χ0) is 21.5. The van der Waals surface area contributed by atoms with Crippen LogP contribution in [0.1, 0.15) is 27.2 Å². The Morgan fingerprint density at radius 3 is 2.70 bits per heavy atom. The minimum Gasteiger partial charge on any atom is -0.444 e. The minimum atomic E-state index is -3.59. The fraction of sp³-hybridized carbons (Fsp3) is 0.611. The number of aliphatic imine (C=N–C) groups is 1. The van der Waals surface area contributed by atoms with Gasteiger partial charge in [0.15, 0.2) is 5.96 Å². The molecule has 0 saturated carbocycles. The number of halogens is 1. The third-order valence-electron chi connectivity index (χ3n) is 4.07. The molecular weight excluding hydrogens is 523 g/mol. The average Bonchev–Trinajstić information content (AvgIpc) is 3.09. The van der Waals surface area contributed by atoms with Crippen molar-refractivity contribution in [3.63, 3.8) is 0 Å². The highest BCUT2D eigenvalue weighted by atomic mass is 127. The summed E-state index contributed by atoms with van der Waals surface area (Å²) >= 11 is 0. The first-order chi connectivity index (χ1) is 13.6. The van der Waals surface area contributed by atoms with E-state index >= 15 is 0 Å². The predicted octanol–water partition coefficient (Wildman–Crippen LogP) is 1.15. The van der Waals surface area contributed by atoms with Crippen molar-refractivity contribution in [1.29, 1.82) is 0 Å². The van der Waals surface area contributed by atoms with Gasteiger partial charge in [0.2, 0.25) is 10.0 Å². The number of likely N-dealkylation sites (tertiary alicyclic amines) is 1. The standard InChI is InChI=1S/C18H30N6O4S.HI/c1-18(2,3)28-17(25)23-14-7-11-24(13-14)16(19-4)21-9-10-22-29(26,27)15-6-5-8-20-12-15;/h5-6,8,12,14,22H,7,9-11,13H2,1-4H3,(H,19,21)(H,23,25);1H. The van der Waals surface area contributed by atoms with E-state index in [4.69, 9.17) is 4.74 Å². The van der Waals surface area contributed by atoms with Crippen molar-refractivity contribution in [1.82, 2.24) is 25.2 Å². The molecular formula is C18H31IN6O4S. The SMILES string of the molecule is CN=C(NCCNS(=O)(=O)c1cccnc1)N1CCC(NC(=O)OC(C)(C)C)C1.I. The van der Waals surface area contributed by atoms with Crippen LogP contribution in [0, 0.1) is 0 Å². The maximum Gasteiger partial charge on any atom is 0.407 e. The molecule has 10 nitrogen and oxygen atoms in total. The van der Waals surface area contributed by atoms with E-state index in [0.29, 0.717) is 19.0 Å². The number of alkyl carbamates (subject to hydrolysis) is 1.